The van der Waals surface area contributed by atoms with Crippen molar-refractivity contribution in [3.05, 3.63) is 53.4 Å². The van der Waals surface area contributed by atoms with Crippen molar-refractivity contribution in [3.8, 4) is 0 Å². The van der Waals surface area contributed by atoms with Gasteiger partial charge in [0, 0.05) is 24.6 Å². The lowest BCUT2D eigenvalue weighted by molar-refractivity contribution is -0.145. The Bertz CT molecular complexity index is 724. The first kappa shape index (κ1) is 14.5. The van der Waals surface area contributed by atoms with Crippen molar-refractivity contribution in [3.63, 3.8) is 0 Å². The quantitative estimate of drug-likeness (QED) is 0.856. The maximum Gasteiger partial charge on any atom is 0.233 e. The van der Waals surface area contributed by atoms with Crippen LogP contribution < -0.4 is 0 Å². The van der Waals surface area contributed by atoms with Crippen molar-refractivity contribution < 1.29 is 9.32 Å². The van der Waals surface area contributed by atoms with Gasteiger partial charge in [-0.3, -0.25) is 4.79 Å². The lowest BCUT2D eigenvalue weighted by atomic mass is 9.56. The number of hydrogen-bond donors (Lipinski definition) is 0. The Morgan fingerprint density at radius 3 is 2.87 bits per heavy atom. The number of likely N-dealkylation sites (tertiary alicyclic amines) is 1. The van der Waals surface area contributed by atoms with Gasteiger partial charge in [-0.05, 0) is 31.2 Å². The second-order valence-electron chi connectivity index (χ2n) is 6.80. The molecular weight excluding hydrogens is 288 g/mol. The van der Waals surface area contributed by atoms with E-state index in [1.54, 1.807) is 6.20 Å². The third-order valence-electron chi connectivity index (χ3n) is 5.84. The number of nitrogens with zero attached hydrogens (tertiary/aromatic N) is 2. The fourth-order valence-electron chi connectivity index (χ4n) is 4.70. The summed E-state index contributed by atoms with van der Waals surface area (Å²) in [4.78, 5) is 15.5. The zero-order valence-corrected chi connectivity index (χ0v) is 13.7. The minimum Gasteiger partial charge on any atom is -0.361 e. The standard InChI is InChI=1S/C19H22N2O2/c1-3-21-10-9-16-13(2)17-14(12-20-23-17)11-19(16,18(21)22)15-7-5-4-6-8-15/h4-8,12-13,16H,3,9-11H2,1-2H3/t13-,16-,19+/m0/s1. The largest absolute Gasteiger partial charge is 0.361 e. The summed E-state index contributed by atoms with van der Waals surface area (Å²) in [6.07, 6.45) is 3.50. The van der Waals surface area contributed by atoms with Crippen LogP contribution in [0.4, 0.5) is 0 Å². The summed E-state index contributed by atoms with van der Waals surface area (Å²) in [5, 5.41) is 4.00. The van der Waals surface area contributed by atoms with Crippen LogP contribution in [0.15, 0.2) is 41.1 Å². The van der Waals surface area contributed by atoms with Gasteiger partial charge in [-0.1, -0.05) is 42.4 Å². The maximum atomic E-state index is 13.5. The molecule has 4 nitrogen and oxygen atoms in total. The Morgan fingerprint density at radius 2 is 2.13 bits per heavy atom. The van der Waals surface area contributed by atoms with Crippen LogP contribution in [-0.4, -0.2) is 29.1 Å². The number of hydrogen-bond acceptors (Lipinski definition) is 3. The first-order valence-corrected chi connectivity index (χ1v) is 8.46. The first-order chi connectivity index (χ1) is 11.2. The van der Waals surface area contributed by atoms with E-state index >= 15 is 0 Å². The Labute approximate surface area is 136 Å². The number of rotatable bonds is 2. The van der Waals surface area contributed by atoms with Crippen LogP contribution >= 0.6 is 0 Å². The maximum absolute atomic E-state index is 13.5. The molecule has 1 aliphatic heterocycles. The molecule has 1 aromatic carbocycles. The molecule has 0 saturated carbocycles. The zero-order chi connectivity index (χ0) is 16.0. The molecule has 2 aliphatic rings. The molecule has 1 saturated heterocycles. The van der Waals surface area contributed by atoms with Gasteiger partial charge in [0.15, 0.2) is 0 Å². The summed E-state index contributed by atoms with van der Waals surface area (Å²) in [5.74, 6) is 1.71. The number of benzene rings is 1. The van der Waals surface area contributed by atoms with Crippen molar-refractivity contribution in [1.82, 2.24) is 10.1 Å². The average molecular weight is 310 g/mol. The van der Waals surface area contributed by atoms with Gasteiger partial charge in [0.05, 0.1) is 11.6 Å². The molecular formula is C19H22N2O2. The highest BCUT2D eigenvalue weighted by atomic mass is 16.5. The molecule has 1 fully saturated rings. The number of carbonyl (C=O) groups is 1. The molecule has 2 aromatic rings. The summed E-state index contributed by atoms with van der Waals surface area (Å²) < 4.78 is 5.51. The topological polar surface area (TPSA) is 46.3 Å². The van der Waals surface area contributed by atoms with Crippen LogP contribution in [0.5, 0.6) is 0 Å². The van der Waals surface area contributed by atoms with Crippen LogP contribution in [-0.2, 0) is 16.6 Å². The van der Waals surface area contributed by atoms with E-state index in [9.17, 15) is 4.79 Å². The Hall–Kier alpha value is -2.10. The molecule has 23 heavy (non-hydrogen) atoms. The fourth-order valence-corrected chi connectivity index (χ4v) is 4.70. The van der Waals surface area contributed by atoms with Crippen molar-refractivity contribution >= 4 is 5.91 Å². The summed E-state index contributed by atoms with van der Waals surface area (Å²) >= 11 is 0. The van der Waals surface area contributed by atoms with Gasteiger partial charge in [0.1, 0.15) is 5.76 Å². The van der Waals surface area contributed by atoms with Gasteiger partial charge in [-0.2, -0.15) is 0 Å². The van der Waals surface area contributed by atoms with Crippen LogP contribution in [0, 0.1) is 5.92 Å². The highest BCUT2D eigenvalue weighted by Gasteiger charge is 2.56. The molecule has 120 valence electrons. The third kappa shape index (κ3) is 1.90. The SMILES string of the molecule is CCN1CC[C@H]2[C@H](C)c3oncc3C[C@]2(c2ccccc2)C1=O. The van der Waals surface area contributed by atoms with E-state index in [4.69, 9.17) is 4.52 Å². The van der Waals surface area contributed by atoms with E-state index in [2.05, 4.69) is 31.1 Å². The van der Waals surface area contributed by atoms with E-state index in [1.165, 1.54) is 0 Å². The van der Waals surface area contributed by atoms with E-state index in [0.29, 0.717) is 6.42 Å². The van der Waals surface area contributed by atoms with Gasteiger partial charge in [-0.15, -0.1) is 0 Å². The lowest BCUT2D eigenvalue weighted by Gasteiger charge is -2.51. The number of carbonyl (C=O) groups excluding carboxylic acids is 1. The molecule has 0 N–H and O–H groups in total. The van der Waals surface area contributed by atoms with Crippen LogP contribution in [0.3, 0.4) is 0 Å². The van der Waals surface area contributed by atoms with E-state index in [0.717, 1.165) is 36.4 Å². The highest BCUT2D eigenvalue weighted by Crippen LogP contribution is 2.52. The molecule has 4 rings (SSSR count). The van der Waals surface area contributed by atoms with Crippen molar-refractivity contribution in [1.29, 1.82) is 0 Å². The van der Waals surface area contributed by atoms with Gasteiger partial charge in [0.2, 0.25) is 5.91 Å². The Kier molecular flexibility index (Phi) is 3.29. The minimum absolute atomic E-state index is 0.212. The number of fused-ring (bicyclic) bond motifs is 2. The Balaban J connectivity index is 1.92. The minimum atomic E-state index is -0.479. The molecule has 1 aliphatic carbocycles. The molecule has 0 unspecified atom stereocenters. The summed E-state index contributed by atoms with van der Waals surface area (Å²) in [7, 11) is 0. The number of amides is 1. The number of aromatic nitrogens is 1. The van der Waals surface area contributed by atoms with Crippen molar-refractivity contribution in [2.24, 2.45) is 5.92 Å². The molecule has 0 bridgehead atoms. The molecule has 4 heteroatoms. The number of likely N-dealkylation sites (N-methyl/N-ethyl adjacent to an activating group) is 1. The molecule has 3 atom stereocenters. The zero-order valence-electron chi connectivity index (χ0n) is 13.7. The highest BCUT2D eigenvalue weighted by molar-refractivity contribution is 5.90. The van der Waals surface area contributed by atoms with Gasteiger partial charge >= 0.3 is 0 Å². The normalized spacial score (nSPS) is 30.0. The average Bonchev–Trinajstić information content (AvgIpc) is 3.05. The molecule has 1 amide bonds. The van der Waals surface area contributed by atoms with Gasteiger partial charge < -0.3 is 9.42 Å². The lowest BCUT2D eigenvalue weighted by Crippen LogP contribution is -2.59. The third-order valence-corrected chi connectivity index (χ3v) is 5.84. The van der Waals surface area contributed by atoms with Gasteiger partial charge in [0.25, 0.3) is 0 Å². The van der Waals surface area contributed by atoms with E-state index in [1.807, 2.05) is 23.1 Å². The van der Waals surface area contributed by atoms with Crippen molar-refractivity contribution in [2.75, 3.05) is 13.1 Å². The van der Waals surface area contributed by atoms with Crippen LogP contribution in [0.25, 0.3) is 0 Å². The summed E-state index contributed by atoms with van der Waals surface area (Å²) in [6.45, 7) is 5.85. The predicted octanol–water partition coefficient (Wildman–Crippen LogP) is 3.14. The number of piperidine rings is 1. The molecule has 0 spiro atoms. The summed E-state index contributed by atoms with van der Waals surface area (Å²) in [6, 6.07) is 10.3. The van der Waals surface area contributed by atoms with Gasteiger partial charge in [-0.25, -0.2) is 0 Å². The smallest absolute Gasteiger partial charge is 0.233 e. The molecule has 0 radical (unpaired) electrons. The van der Waals surface area contributed by atoms with Crippen LogP contribution in [0.2, 0.25) is 0 Å². The summed E-state index contributed by atoms with van der Waals surface area (Å²) in [5.41, 5.74) is 1.74. The Morgan fingerprint density at radius 1 is 1.35 bits per heavy atom. The second-order valence-corrected chi connectivity index (χ2v) is 6.80. The van der Waals surface area contributed by atoms with E-state index < -0.39 is 5.41 Å². The first-order valence-electron chi connectivity index (χ1n) is 8.46. The molecule has 1 aromatic heterocycles. The predicted molar refractivity (Wildman–Crippen MR) is 87.1 cm³/mol. The fraction of sp³-hybridized carbons (Fsp3) is 0.474. The second kappa shape index (κ2) is 5.22. The van der Waals surface area contributed by atoms with Crippen molar-refractivity contribution in [2.45, 2.75) is 38.0 Å². The molecule has 2 heterocycles. The van der Waals surface area contributed by atoms with E-state index in [-0.39, 0.29) is 17.7 Å². The van der Waals surface area contributed by atoms with Crippen LogP contribution in [0.1, 0.15) is 43.1 Å². The monoisotopic (exact) mass is 310 g/mol.